The molecule has 106 valence electrons. The van der Waals surface area contributed by atoms with Crippen LogP contribution in [0.1, 0.15) is 24.3 Å². The molecule has 0 fully saturated rings. The zero-order valence-electron chi connectivity index (χ0n) is 11.2. The topological polar surface area (TPSA) is 48.4 Å². The number of pyridine rings is 1. The molecule has 1 aromatic carbocycles. The van der Waals surface area contributed by atoms with E-state index >= 15 is 0 Å². The highest BCUT2D eigenvalue weighted by molar-refractivity contribution is 14.1. The molecule has 1 heterocycles. The fraction of sp³-hybridized carbons (Fsp3) is 0.286. The Bertz CT molecular complexity index is 673. The number of esters is 1. The predicted molar refractivity (Wildman–Crippen MR) is 86.6 cm³/mol. The molecular formula is C14H13ClINO3. The van der Waals surface area contributed by atoms with Crippen LogP contribution < -0.4 is 4.74 Å². The van der Waals surface area contributed by atoms with Gasteiger partial charge in [0.25, 0.3) is 0 Å². The highest BCUT2D eigenvalue weighted by Crippen LogP contribution is 2.32. The summed E-state index contributed by atoms with van der Waals surface area (Å²) < 4.78 is 11.4. The van der Waals surface area contributed by atoms with E-state index in [0.29, 0.717) is 16.3 Å². The molecule has 0 unspecified atom stereocenters. The maximum absolute atomic E-state index is 11.7. The second-order valence-electron chi connectivity index (χ2n) is 4.45. The van der Waals surface area contributed by atoms with Crippen LogP contribution in [0.15, 0.2) is 18.2 Å². The Balaban J connectivity index is 2.74. The molecule has 0 N–H and O–H groups in total. The number of aromatic nitrogens is 1. The predicted octanol–water partition coefficient (Wildman–Crippen LogP) is 4.07. The first-order valence-corrected chi connectivity index (χ1v) is 7.42. The van der Waals surface area contributed by atoms with E-state index in [4.69, 9.17) is 21.1 Å². The smallest absolute Gasteiger partial charge is 0.356 e. The lowest BCUT2D eigenvalue weighted by Gasteiger charge is -2.14. The number of fused-ring (bicyclic) bond motifs is 1. The normalized spacial score (nSPS) is 10.9. The number of methoxy groups -OCH3 is 1. The van der Waals surface area contributed by atoms with Crippen LogP contribution in [0.5, 0.6) is 5.75 Å². The summed E-state index contributed by atoms with van der Waals surface area (Å²) in [6.45, 7) is 3.83. The van der Waals surface area contributed by atoms with Crippen LogP contribution in [0, 0.1) is 3.57 Å². The minimum atomic E-state index is -0.518. The van der Waals surface area contributed by atoms with Gasteiger partial charge in [0.1, 0.15) is 5.75 Å². The highest BCUT2D eigenvalue weighted by Gasteiger charge is 2.16. The van der Waals surface area contributed by atoms with Gasteiger partial charge in [-0.2, -0.15) is 0 Å². The Morgan fingerprint density at radius 2 is 2.05 bits per heavy atom. The minimum absolute atomic E-state index is 0.0252. The molecule has 0 spiro atoms. The summed E-state index contributed by atoms with van der Waals surface area (Å²) in [6.07, 6.45) is -0.0252. The summed E-state index contributed by atoms with van der Waals surface area (Å²) in [5.41, 5.74) is 0.712. The molecule has 6 heteroatoms. The fourth-order valence-corrected chi connectivity index (χ4v) is 2.85. The summed E-state index contributed by atoms with van der Waals surface area (Å²) in [5.74, 6) is 0.0564. The van der Waals surface area contributed by atoms with E-state index in [2.05, 4.69) is 27.6 Å². The first-order chi connectivity index (χ1) is 9.42. The van der Waals surface area contributed by atoms with Crippen molar-refractivity contribution in [3.8, 4) is 5.75 Å². The lowest BCUT2D eigenvalue weighted by Crippen LogP contribution is -2.10. The zero-order chi connectivity index (χ0) is 14.9. The summed E-state index contributed by atoms with van der Waals surface area (Å²) in [4.78, 5) is 16.0. The minimum Gasteiger partial charge on any atom is -0.490 e. The van der Waals surface area contributed by atoms with Gasteiger partial charge in [-0.05, 0) is 48.6 Å². The highest BCUT2D eigenvalue weighted by atomic mass is 127. The molecule has 0 aliphatic carbocycles. The molecule has 0 amide bonds. The Morgan fingerprint density at radius 1 is 1.35 bits per heavy atom. The van der Waals surface area contributed by atoms with Gasteiger partial charge in [-0.25, -0.2) is 9.78 Å². The Kier molecular flexibility index (Phi) is 4.70. The van der Waals surface area contributed by atoms with E-state index in [1.807, 2.05) is 19.9 Å². The van der Waals surface area contributed by atoms with Gasteiger partial charge >= 0.3 is 5.97 Å². The zero-order valence-corrected chi connectivity index (χ0v) is 14.2. The van der Waals surface area contributed by atoms with Crippen molar-refractivity contribution in [3.63, 3.8) is 0 Å². The fourth-order valence-electron chi connectivity index (χ4n) is 1.78. The summed E-state index contributed by atoms with van der Waals surface area (Å²) >= 11 is 8.39. The van der Waals surface area contributed by atoms with E-state index < -0.39 is 5.97 Å². The first kappa shape index (κ1) is 15.3. The van der Waals surface area contributed by atoms with Crippen LogP contribution in [0.4, 0.5) is 0 Å². The summed E-state index contributed by atoms with van der Waals surface area (Å²) in [5, 5.41) is 1.26. The molecule has 2 rings (SSSR count). The van der Waals surface area contributed by atoms with Crippen molar-refractivity contribution in [1.29, 1.82) is 0 Å². The number of carbonyl (C=O) groups excluding carboxylic acids is 1. The van der Waals surface area contributed by atoms with E-state index in [1.165, 1.54) is 7.11 Å². The van der Waals surface area contributed by atoms with Crippen molar-refractivity contribution in [2.24, 2.45) is 0 Å². The average Bonchev–Trinajstić information content (AvgIpc) is 2.37. The van der Waals surface area contributed by atoms with Crippen LogP contribution in [0.25, 0.3) is 10.9 Å². The molecule has 0 radical (unpaired) electrons. The van der Waals surface area contributed by atoms with Crippen molar-refractivity contribution in [2.75, 3.05) is 7.11 Å². The molecule has 0 bridgehead atoms. The molecule has 0 aliphatic heterocycles. The summed E-state index contributed by atoms with van der Waals surface area (Å²) in [7, 11) is 1.31. The molecule has 4 nitrogen and oxygen atoms in total. The van der Waals surface area contributed by atoms with Crippen LogP contribution in [-0.4, -0.2) is 24.2 Å². The van der Waals surface area contributed by atoms with Crippen LogP contribution in [0.2, 0.25) is 5.02 Å². The van der Waals surface area contributed by atoms with Crippen molar-refractivity contribution >= 4 is 51.1 Å². The number of ether oxygens (including phenoxy) is 2. The monoisotopic (exact) mass is 405 g/mol. The van der Waals surface area contributed by atoms with Crippen molar-refractivity contribution in [1.82, 2.24) is 4.98 Å². The number of benzene rings is 1. The van der Waals surface area contributed by atoms with Gasteiger partial charge < -0.3 is 9.47 Å². The number of carbonyl (C=O) groups is 1. The van der Waals surface area contributed by atoms with E-state index in [-0.39, 0.29) is 11.8 Å². The van der Waals surface area contributed by atoms with Crippen molar-refractivity contribution < 1.29 is 14.3 Å². The third kappa shape index (κ3) is 3.15. The van der Waals surface area contributed by atoms with Gasteiger partial charge in [-0.1, -0.05) is 11.6 Å². The van der Waals surface area contributed by atoms with Gasteiger partial charge in [-0.15, -0.1) is 0 Å². The lowest BCUT2D eigenvalue weighted by atomic mass is 10.1. The maximum Gasteiger partial charge on any atom is 0.356 e. The number of rotatable bonds is 3. The molecule has 2 aromatic rings. The van der Waals surface area contributed by atoms with Crippen LogP contribution in [-0.2, 0) is 4.74 Å². The number of nitrogens with zero attached hydrogens (tertiary/aromatic N) is 1. The van der Waals surface area contributed by atoms with Gasteiger partial charge in [0.2, 0.25) is 0 Å². The van der Waals surface area contributed by atoms with Crippen molar-refractivity contribution in [3.05, 3.63) is 32.5 Å². The maximum atomic E-state index is 11.7. The van der Waals surface area contributed by atoms with Gasteiger partial charge in [-0.3, -0.25) is 0 Å². The van der Waals surface area contributed by atoms with Crippen molar-refractivity contribution in [2.45, 2.75) is 20.0 Å². The van der Waals surface area contributed by atoms with E-state index in [0.717, 1.165) is 8.96 Å². The molecule has 0 aliphatic rings. The number of hydrogen-bond donors (Lipinski definition) is 0. The Labute approximate surface area is 135 Å². The van der Waals surface area contributed by atoms with Gasteiger partial charge in [0.05, 0.1) is 23.8 Å². The summed E-state index contributed by atoms with van der Waals surface area (Å²) in [6, 6.07) is 5.30. The molecule has 0 atom stereocenters. The largest absolute Gasteiger partial charge is 0.490 e. The Hall–Kier alpha value is -1.08. The molecular weight excluding hydrogens is 393 g/mol. The van der Waals surface area contributed by atoms with Gasteiger partial charge in [0.15, 0.2) is 5.69 Å². The second-order valence-corrected chi connectivity index (χ2v) is 6.10. The van der Waals surface area contributed by atoms with Crippen LogP contribution in [0.3, 0.4) is 0 Å². The standard InChI is InChI=1S/C14H13ClINO3/c1-7(2)20-12-6-11(14(18)19-3)17-13-9(12)4-8(16)5-10(13)15/h4-7H,1-3H3. The third-order valence-corrected chi connectivity index (χ3v) is 3.46. The first-order valence-electron chi connectivity index (χ1n) is 5.97. The number of hydrogen-bond acceptors (Lipinski definition) is 4. The molecule has 0 saturated carbocycles. The SMILES string of the molecule is COC(=O)c1cc(OC(C)C)c2cc(I)cc(Cl)c2n1. The van der Waals surface area contributed by atoms with E-state index in [9.17, 15) is 4.79 Å². The molecule has 0 saturated heterocycles. The van der Waals surface area contributed by atoms with Gasteiger partial charge in [0, 0.05) is 15.0 Å². The number of halogens is 2. The third-order valence-electron chi connectivity index (χ3n) is 2.55. The van der Waals surface area contributed by atoms with Crippen LogP contribution >= 0.6 is 34.2 Å². The average molecular weight is 406 g/mol. The quantitative estimate of drug-likeness (QED) is 0.571. The second kappa shape index (κ2) is 6.13. The Morgan fingerprint density at radius 3 is 2.65 bits per heavy atom. The lowest BCUT2D eigenvalue weighted by molar-refractivity contribution is 0.0593. The molecule has 1 aromatic heterocycles. The van der Waals surface area contributed by atoms with E-state index in [1.54, 1.807) is 12.1 Å². The molecule has 20 heavy (non-hydrogen) atoms.